The van der Waals surface area contributed by atoms with Crippen LogP contribution in [-0.2, 0) is 13.0 Å². The molecule has 3 aromatic rings. The molecule has 1 heterocycles. The summed E-state index contributed by atoms with van der Waals surface area (Å²) in [6.45, 7) is 0.394. The van der Waals surface area contributed by atoms with Crippen LogP contribution >= 0.6 is 0 Å². The molecule has 0 radical (unpaired) electrons. The Bertz CT molecular complexity index is 733. The highest BCUT2D eigenvalue weighted by molar-refractivity contribution is 5.95. The second-order valence-corrected chi connectivity index (χ2v) is 5.08. The summed E-state index contributed by atoms with van der Waals surface area (Å²) in [5.41, 5.74) is 2.91. The SMILES string of the molecule is O=C(NCc1ccco1)c1ccccc1Cc1ccccc1. The largest absolute Gasteiger partial charge is 0.467 e. The van der Waals surface area contributed by atoms with Gasteiger partial charge in [0.05, 0.1) is 12.8 Å². The highest BCUT2D eigenvalue weighted by Gasteiger charge is 2.11. The molecule has 0 aliphatic carbocycles. The number of rotatable bonds is 5. The summed E-state index contributed by atoms with van der Waals surface area (Å²) in [7, 11) is 0. The van der Waals surface area contributed by atoms with E-state index in [-0.39, 0.29) is 5.91 Å². The zero-order valence-corrected chi connectivity index (χ0v) is 12.2. The van der Waals surface area contributed by atoms with Gasteiger partial charge in [-0.1, -0.05) is 48.5 Å². The lowest BCUT2D eigenvalue weighted by atomic mass is 9.99. The zero-order valence-electron chi connectivity index (χ0n) is 12.2. The fourth-order valence-corrected chi connectivity index (χ4v) is 2.39. The maximum Gasteiger partial charge on any atom is 0.251 e. The molecule has 0 spiro atoms. The molecule has 0 aliphatic rings. The number of carbonyl (C=O) groups is 1. The summed E-state index contributed by atoms with van der Waals surface area (Å²) >= 11 is 0. The van der Waals surface area contributed by atoms with Crippen LogP contribution in [-0.4, -0.2) is 5.91 Å². The van der Waals surface area contributed by atoms with Crippen molar-refractivity contribution in [1.29, 1.82) is 0 Å². The lowest BCUT2D eigenvalue weighted by molar-refractivity contribution is 0.0947. The monoisotopic (exact) mass is 291 g/mol. The van der Waals surface area contributed by atoms with Gasteiger partial charge in [0, 0.05) is 5.56 Å². The Morgan fingerprint density at radius 2 is 1.68 bits per heavy atom. The fraction of sp³-hybridized carbons (Fsp3) is 0.105. The first-order chi connectivity index (χ1) is 10.8. The van der Waals surface area contributed by atoms with Crippen LogP contribution < -0.4 is 5.32 Å². The van der Waals surface area contributed by atoms with Gasteiger partial charge in [0.2, 0.25) is 0 Å². The van der Waals surface area contributed by atoms with Crippen LogP contribution in [0.4, 0.5) is 0 Å². The summed E-state index contributed by atoms with van der Waals surface area (Å²) in [6, 6.07) is 21.5. The molecule has 0 atom stereocenters. The Balaban J connectivity index is 1.74. The Kier molecular flexibility index (Phi) is 4.35. The molecule has 110 valence electrons. The van der Waals surface area contributed by atoms with Crippen molar-refractivity contribution >= 4 is 5.91 Å². The number of furan rings is 1. The molecular weight excluding hydrogens is 274 g/mol. The van der Waals surface area contributed by atoms with Crippen LogP contribution in [0.2, 0.25) is 0 Å². The molecule has 0 fully saturated rings. The number of hydrogen-bond donors (Lipinski definition) is 1. The van der Waals surface area contributed by atoms with E-state index in [4.69, 9.17) is 4.42 Å². The average molecular weight is 291 g/mol. The standard InChI is InChI=1S/C19H17NO2/c21-19(20-14-17-10-6-12-22-17)18-11-5-4-9-16(18)13-15-7-2-1-3-8-15/h1-12H,13-14H2,(H,20,21). The van der Waals surface area contributed by atoms with Crippen molar-refractivity contribution in [3.63, 3.8) is 0 Å². The van der Waals surface area contributed by atoms with Gasteiger partial charge < -0.3 is 9.73 Å². The first-order valence-electron chi connectivity index (χ1n) is 7.25. The predicted molar refractivity (Wildman–Crippen MR) is 85.6 cm³/mol. The van der Waals surface area contributed by atoms with Crippen molar-refractivity contribution in [1.82, 2.24) is 5.32 Å². The fourth-order valence-electron chi connectivity index (χ4n) is 2.39. The normalized spacial score (nSPS) is 10.4. The second kappa shape index (κ2) is 6.76. The Hall–Kier alpha value is -2.81. The number of benzene rings is 2. The second-order valence-electron chi connectivity index (χ2n) is 5.08. The van der Waals surface area contributed by atoms with Gasteiger partial charge in [-0.25, -0.2) is 0 Å². The van der Waals surface area contributed by atoms with E-state index in [0.717, 1.165) is 17.7 Å². The van der Waals surface area contributed by atoms with Gasteiger partial charge in [0.25, 0.3) is 5.91 Å². The van der Waals surface area contributed by atoms with Crippen LogP contribution in [0, 0.1) is 0 Å². The summed E-state index contributed by atoms with van der Waals surface area (Å²) in [5.74, 6) is 0.664. The van der Waals surface area contributed by atoms with Gasteiger partial charge >= 0.3 is 0 Å². The maximum atomic E-state index is 12.4. The molecule has 3 heteroatoms. The lowest BCUT2D eigenvalue weighted by Gasteiger charge is -2.09. The number of carbonyl (C=O) groups excluding carboxylic acids is 1. The molecule has 3 rings (SSSR count). The summed E-state index contributed by atoms with van der Waals surface area (Å²) in [6.07, 6.45) is 2.34. The van der Waals surface area contributed by atoms with E-state index < -0.39 is 0 Å². The van der Waals surface area contributed by atoms with E-state index in [1.807, 2.05) is 54.6 Å². The molecular formula is C19H17NO2. The van der Waals surface area contributed by atoms with Crippen molar-refractivity contribution < 1.29 is 9.21 Å². The molecule has 1 N–H and O–H groups in total. The van der Waals surface area contributed by atoms with E-state index in [0.29, 0.717) is 12.1 Å². The smallest absolute Gasteiger partial charge is 0.251 e. The van der Waals surface area contributed by atoms with E-state index >= 15 is 0 Å². The van der Waals surface area contributed by atoms with Crippen LogP contribution in [0.1, 0.15) is 27.2 Å². The Morgan fingerprint density at radius 3 is 2.45 bits per heavy atom. The van der Waals surface area contributed by atoms with Crippen LogP contribution in [0.5, 0.6) is 0 Å². The van der Waals surface area contributed by atoms with Gasteiger partial charge in [-0.2, -0.15) is 0 Å². The average Bonchev–Trinajstić information content (AvgIpc) is 3.08. The first kappa shape index (κ1) is 14.1. The number of amides is 1. The minimum absolute atomic E-state index is 0.0806. The van der Waals surface area contributed by atoms with Gasteiger partial charge in [0.1, 0.15) is 5.76 Å². The molecule has 1 amide bonds. The Morgan fingerprint density at radius 1 is 0.909 bits per heavy atom. The molecule has 0 saturated heterocycles. The van der Waals surface area contributed by atoms with Crippen molar-refractivity contribution in [3.8, 4) is 0 Å². The van der Waals surface area contributed by atoms with Gasteiger partial charge in [-0.15, -0.1) is 0 Å². The van der Waals surface area contributed by atoms with E-state index in [1.165, 1.54) is 5.56 Å². The minimum atomic E-state index is -0.0806. The molecule has 0 bridgehead atoms. The van der Waals surface area contributed by atoms with Crippen molar-refractivity contribution in [3.05, 3.63) is 95.4 Å². The third-order valence-corrected chi connectivity index (χ3v) is 3.50. The number of nitrogens with one attached hydrogen (secondary N) is 1. The van der Waals surface area contributed by atoms with Crippen LogP contribution in [0.15, 0.2) is 77.4 Å². The highest BCUT2D eigenvalue weighted by Crippen LogP contribution is 2.14. The van der Waals surface area contributed by atoms with E-state index in [2.05, 4.69) is 17.4 Å². The predicted octanol–water partition coefficient (Wildman–Crippen LogP) is 3.80. The summed E-state index contributed by atoms with van der Waals surface area (Å²) in [4.78, 5) is 12.4. The van der Waals surface area contributed by atoms with E-state index in [1.54, 1.807) is 6.26 Å². The summed E-state index contributed by atoms with van der Waals surface area (Å²) in [5, 5.41) is 2.89. The van der Waals surface area contributed by atoms with Gasteiger partial charge in [0.15, 0.2) is 0 Å². The third-order valence-electron chi connectivity index (χ3n) is 3.50. The first-order valence-corrected chi connectivity index (χ1v) is 7.25. The summed E-state index contributed by atoms with van der Waals surface area (Å²) < 4.78 is 5.23. The molecule has 2 aromatic carbocycles. The van der Waals surface area contributed by atoms with Crippen molar-refractivity contribution in [2.24, 2.45) is 0 Å². The van der Waals surface area contributed by atoms with Crippen LogP contribution in [0.25, 0.3) is 0 Å². The highest BCUT2D eigenvalue weighted by atomic mass is 16.3. The van der Waals surface area contributed by atoms with Crippen LogP contribution in [0.3, 0.4) is 0 Å². The quantitative estimate of drug-likeness (QED) is 0.777. The molecule has 3 nitrogen and oxygen atoms in total. The molecule has 0 aliphatic heterocycles. The Labute approximate surface area is 129 Å². The lowest BCUT2D eigenvalue weighted by Crippen LogP contribution is -2.23. The third kappa shape index (κ3) is 3.44. The van der Waals surface area contributed by atoms with Gasteiger partial charge in [-0.05, 0) is 35.7 Å². The zero-order chi connectivity index (χ0) is 15.2. The van der Waals surface area contributed by atoms with E-state index in [9.17, 15) is 4.79 Å². The number of hydrogen-bond acceptors (Lipinski definition) is 2. The topological polar surface area (TPSA) is 42.2 Å². The molecule has 1 aromatic heterocycles. The van der Waals surface area contributed by atoms with Gasteiger partial charge in [-0.3, -0.25) is 4.79 Å². The maximum absolute atomic E-state index is 12.4. The van der Waals surface area contributed by atoms with Crippen molar-refractivity contribution in [2.45, 2.75) is 13.0 Å². The molecule has 22 heavy (non-hydrogen) atoms. The molecule has 0 unspecified atom stereocenters. The minimum Gasteiger partial charge on any atom is -0.467 e. The van der Waals surface area contributed by atoms with Crippen molar-refractivity contribution in [2.75, 3.05) is 0 Å². The molecule has 0 saturated carbocycles.